The predicted molar refractivity (Wildman–Crippen MR) is 89.1 cm³/mol. The molecule has 1 unspecified atom stereocenters. The molecule has 1 aliphatic rings. The molecule has 2 rings (SSSR count). The molecule has 0 bridgehead atoms. The lowest BCUT2D eigenvalue weighted by Gasteiger charge is -2.20. The van der Waals surface area contributed by atoms with Gasteiger partial charge in [0.2, 0.25) is 10.0 Å². The van der Waals surface area contributed by atoms with Crippen LogP contribution < -0.4 is 10.5 Å². The highest BCUT2D eigenvalue weighted by Gasteiger charge is 2.27. The summed E-state index contributed by atoms with van der Waals surface area (Å²) in [6.07, 6.45) is 4.44. The number of nitrogens with two attached hydrogens (primary N) is 1. The van der Waals surface area contributed by atoms with Crippen LogP contribution in [0.1, 0.15) is 38.2 Å². The highest BCUT2D eigenvalue weighted by molar-refractivity contribution is 7.89. The van der Waals surface area contributed by atoms with E-state index in [-0.39, 0.29) is 20.9 Å². The van der Waals surface area contributed by atoms with E-state index in [1.807, 2.05) is 6.92 Å². The second kappa shape index (κ2) is 6.60. The molecule has 0 spiro atoms. The summed E-state index contributed by atoms with van der Waals surface area (Å²) in [5, 5.41) is 0.168. The van der Waals surface area contributed by atoms with Gasteiger partial charge < -0.3 is 5.73 Å². The SMILES string of the molecule is CC(NS(=O)(=O)c1cc(C(N)=S)ccc1Cl)C1CCCC1. The van der Waals surface area contributed by atoms with Crippen molar-refractivity contribution in [1.82, 2.24) is 4.72 Å². The van der Waals surface area contributed by atoms with E-state index in [9.17, 15) is 8.42 Å². The van der Waals surface area contributed by atoms with E-state index >= 15 is 0 Å². The fraction of sp³-hybridized carbons (Fsp3) is 0.500. The maximum absolute atomic E-state index is 12.5. The Morgan fingerprint density at radius 1 is 1.43 bits per heavy atom. The summed E-state index contributed by atoms with van der Waals surface area (Å²) in [6.45, 7) is 1.90. The van der Waals surface area contributed by atoms with Crippen molar-refractivity contribution in [2.45, 2.75) is 43.5 Å². The minimum atomic E-state index is -3.68. The van der Waals surface area contributed by atoms with Crippen LogP contribution in [0.3, 0.4) is 0 Å². The fourth-order valence-electron chi connectivity index (χ4n) is 2.72. The summed E-state index contributed by atoms with van der Waals surface area (Å²) in [7, 11) is -3.68. The first-order valence-corrected chi connectivity index (χ1v) is 9.20. The van der Waals surface area contributed by atoms with Crippen LogP contribution in [-0.2, 0) is 10.0 Å². The molecular weight excluding hydrogens is 328 g/mol. The number of halogens is 1. The third-order valence-corrected chi connectivity index (χ3v) is 6.23. The van der Waals surface area contributed by atoms with Gasteiger partial charge in [0, 0.05) is 11.6 Å². The van der Waals surface area contributed by atoms with Crippen molar-refractivity contribution in [1.29, 1.82) is 0 Å². The Morgan fingerprint density at radius 2 is 2.05 bits per heavy atom. The average Bonchev–Trinajstić information content (AvgIpc) is 2.92. The number of thiocarbonyl (C=S) groups is 1. The highest BCUT2D eigenvalue weighted by Crippen LogP contribution is 2.29. The van der Waals surface area contributed by atoms with Gasteiger partial charge in [-0.25, -0.2) is 13.1 Å². The van der Waals surface area contributed by atoms with Crippen molar-refractivity contribution in [3.63, 3.8) is 0 Å². The number of nitrogens with one attached hydrogen (secondary N) is 1. The zero-order chi connectivity index (χ0) is 15.6. The second-order valence-corrected chi connectivity index (χ2v) is 7.99. The van der Waals surface area contributed by atoms with Crippen molar-refractivity contribution in [2.75, 3.05) is 0 Å². The number of rotatable bonds is 5. The summed E-state index contributed by atoms with van der Waals surface area (Å²) in [6, 6.07) is 4.44. The molecule has 1 saturated carbocycles. The van der Waals surface area contributed by atoms with E-state index in [0.29, 0.717) is 11.5 Å². The third kappa shape index (κ3) is 3.94. The molecule has 0 radical (unpaired) electrons. The van der Waals surface area contributed by atoms with Crippen LogP contribution in [0.25, 0.3) is 0 Å². The zero-order valence-electron chi connectivity index (χ0n) is 11.8. The van der Waals surface area contributed by atoms with E-state index in [1.54, 1.807) is 6.07 Å². The van der Waals surface area contributed by atoms with Gasteiger partial charge in [0.05, 0.1) is 5.02 Å². The van der Waals surface area contributed by atoms with Crippen molar-refractivity contribution in [3.05, 3.63) is 28.8 Å². The topological polar surface area (TPSA) is 72.2 Å². The summed E-state index contributed by atoms with van der Waals surface area (Å²) in [5.41, 5.74) is 6.04. The van der Waals surface area contributed by atoms with Gasteiger partial charge in [-0.1, -0.05) is 42.7 Å². The lowest BCUT2D eigenvalue weighted by molar-refractivity contribution is 0.424. The lowest BCUT2D eigenvalue weighted by Crippen LogP contribution is -2.37. The Bertz CT molecular complexity index is 640. The second-order valence-electron chi connectivity index (χ2n) is 5.46. The molecular formula is C14H19ClN2O2S2. The average molecular weight is 347 g/mol. The fourth-order valence-corrected chi connectivity index (χ4v) is 4.69. The Labute approximate surface area is 136 Å². The van der Waals surface area contributed by atoms with Gasteiger partial charge in [-0.2, -0.15) is 0 Å². The van der Waals surface area contributed by atoms with Gasteiger partial charge >= 0.3 is 0 Å². The largest absolute Gasteiger partial charge is 0.389 e. The van der Waals surface area contributed by atoms with Crippen LogP contribution in [0.15, 0.2) is 23.1 Å². The number of hydrogen-bond acceptors (Lipinski definition) is 3. The van der Waals surface area contributed by atoms with Crippen LogP contribution in [0.4, 0.5) is 0 Å². The molecule has 116 valence electrons. The molecule has 0 saturated heterocycles. The summed E-state index contributed by atoms with van der Waals surface area (Å²) in [4.78, 5) is 0.172. The Morgan fingerprint density at radius 3 is 2.62 bits per heavy atom. The van der Waals surface area contributed by atoms with Gasteiger partial charge in [-0.05, 0) is 37.8 Å². The molecule has 0 aliphatic heterocycles. The smallest absolute Gasteiger partial charge is 0.242 e. The molecule has 1 atom stereocenters. The first kappa shape index (κ1) is 16.7. The van der Waals surface area contributed by atoms with E-state index in [0.717, 1.165) is 25.7 Å². The predicted octanol–water partition coefficient (Wildman–Crippen LogP) is 2.83. The van der Waals surface area contributed by atoms with Crippen molar-refractivity contribution in [3.8, 4) is 0 Å². The normalized spacial score (nSPS) is 17.8. The number of sulfonamides is 1. The van der Waals surface area contributed by atoms with Crippen molar-refractivity contribution < 1.29 is 8.42 Å². The molecule has 7 heteroatoms. The quantitative estimate of drug-likeness (QED) is 0.804. The van der Waals surface area contributed by atoms with E-state index in [4.69, 9.17) is 29.6 Å². The van der Waals surface area contributed by atoms with Crippen molar-refractivity contribution in [2.24, 2.45) is 11.7 Å². The highest BCUT2D eigenvalue weighted by atomic mass is 35.5. The van der Waals surface area contributed by atoms with Gasteiger partial charge in [0.25, 0.3) is 0 Å². The molecule has 3 N–H and O–H groups in total. The first-order chi connectivity index (χ1) is 9.81. The molecule has 0 amide bonds. The summed E-state index contributed by atoms with van der Waals surface area (Å²) in [5.74, 6) is 0.386. The van der Waals surface area contributed by atoms with E-state index in [1.165, 1.54) is 12.1 Å². The molecule has 1 fully saturated rings. The third-order valence-electron chi connectivity index (χ3n) is 3.95. The molecule has 1 aliphatic carbocycles. The van der Waals surface area contributed by atoms with E-state index < -0.39 is 10.0 Å². The molecule has 21 heavy (non-hydrogen) atoms. The molecule has 4 nitrogen and oxygen atoms in total. The molecule has 0 heterocycles. The van der Waals surface area contributed by atoms with Crippen molar-refractivity contribution >= 4 is 38.8 Å². The Hall–Kier alpha value is -0.690. The van der Waals surface area contributed by atoms with Gasteiger partial charge in [0.1, 0.15) is 9.88 Å². The maximum atomic E-state index is 12.5. The van der Waals surface area contributed by atoms with Crippen LogP contribution in [0.5, 0.6) is 0 Å². The zero-order valence-corrected chi connectivity index (χ0v) is 14.2. The Balaban J connectivity index is 2.26. The maximum Gasteiger partial charge on any atom is 0.242 e. The molecule has 1 aromatic carbocycles. The van der Waals surface area contributed by atoms with Gasteiger partial charge in [-0.3, -0.25) is 0 Å². The monoisotopic (exact) mass is 346 g/mol. The minimum Gasteiger partial charge on any atom is -0.389 e. The first-order valence-electron chi connectivity index (χ1n) is 6.93. The summed E-state index contributed by atoms with van der Waals surface area (Å²) < 4.78 is 27.8. The number of hydrogen-bond donors (Lipinski definition) is 2. The van der Waals surface area contributed by atoms with Crippen LogP contribution >= 0.6 is 23.8 Å². The van der Waals surface area contributed by atoms with E-state index in [2.05, 4.69) is 4.72 Å². The Kier molecular flexibility index (Phi) is 5.24. The van der Waals surface area contributed by atoms with Gasteiger partial charge in [0.15, 0.2) is 0 Å². The van der Waals surface area contributed by atoms with Crippen LogP contribution in [-0.4, -0.2) is 19.4 Å². The lowest BCUT2D eigenvalue weighted by atomic mass is 10.0. The minimum absolute atomic E-state index is 0.0271. The van der Waals surface area contributed by atoms with Gasteiger partial charge in [-0.15, -0.1) is 0 Å². The molecule has 0 aromatic heterocycles. The van der Waals surface area contributed by atoms with Crippen LogP contribution in [0, 0.1) is 5.92 Å². The number of benzene rings is 1. The van der Waals surface area contributed by atoms with Crippen LogP contribution in [0.2, 0.25) is 5.02 Å². The molecule has 1 aromatic rings. The summed E-state index contributed by atoms with van der Waals surface area (Å²) >= 11 is 10.9. The standard InChI is InChI=1S/C14H19ClN2O2S2/c1-9(10-4-2-3-5-10)17-21(18,19)13-8-11(14(16)20)6-7-12(13)15/h6-10,17H,2-5H2,1H3,(H2,16,20).